The summed E-state index contributed by atoms with van der Waals surface area (Å²) in [4.78, 5) is 11.1. The highest BCUT2D eigenvalue weighted by atomic mass is 31.1. The molecule has 1 radical (unpaired) electrons. The predicted octanol–water partition coefficient (Wildman–Crippen LogP) is 0.318. The van der Waals surface area contributed by atoms with E-state index in [9.17, 15) is 9.90 Å². The molecule has 2 unspecified atom stereocenters. The Morgan fingerprint density at radius 3 is 3.20 bits per heavy atom. The van der Waals surface area contributed by atoms with E-state index in [1.54, 1.807) is 0 Å². The molecule has 0 aromatic heterocycles. The van der Waals surface area contributed by atoms with Crippen LogP contribution in [0.15, 0.2) is 0 Å². The summed E-state index contributed by atoms with van der Waals surface area (Å²) in [6.45, 7) is 1.96. The predicted molar refractivity (Wildman–Crippen MR) is 61.8 cm³/mol. The van der Waals surface area contributed by atoms with Crippen molar-refractivity contribution in [3.05, 3.63) is 0 Å². The maximum absolute atomic E-state index is 11.1. The van der Waals surface area contributed by atoms with Crippen LogP contribution >= 0.6 is 17.8 Å². The van der Waals surface area contributed by atoms with Crippen LogP contribution in [-0.4, -0.2) is 36.6 Å². The van der Waals surface area contributed by atoms with E-state index >= 15 is 0 Å². The average molecular weight is 247 g/mol. The molecule has 2 aliphatic rings. The van der Waals surface area contributed by atoms with Crippen LogP contribution < -0.4 is 0 Å². The summed E-state index contributed by atoms with van der Waals surface area (Å²) in [5.41, 5.74) is 0. The lowest BCUT2D eigenvalue weighted by atomic mass is 9.93. The van der Waals surface area contributed by atoms with Gasteiger partial charge in [-0.15, -0.1) is 0 Å². The molecule has 6 atom stereocenters. The first-order valence-electron chi connectivity index (χ1n) is 5.01. The third-order valence-electron chi connectivity index (χ3n) is 3.15. The van der Waals surface area contributed by atoms with Gasteiger partial charge in [-0.1, -0.05) is 0 Å². The summed E-state index contributed by atoms with van der Waals surface area (Å²) >= 11 is 0. The fourth-order valence-electron chi connectivity index (χ4n) is 2.47. The van der Waals surface area contributed by atoms with Gasteiger partial charge in [0.05, 0.1) is 12.5 Å². The van der Waals surface area contributed by atoms with Crippen LogP contribution in [0.25, 0.3) is 0 Å². The van der Waals surface area contributed by atoms with Gasteiger partial charge < -0.3 is 14.4 Å². The van der Waals surface area contributed by atoms with Crippen LogP contribution in [0.5, 0.6) is 0 Å². The molecule has 7 heteroatoms. The second-order valence-corrected chi connectivity index (χ2v) is 5.72. The van der Waals surface area contributed by atoms with E-state index in [0.717, 1.165) is 6.42 Å². The van der Waals surface area contributed by atoms with Crippen molar-refractivity contribution in [3.8, 4) is 0 Å². The Kier molecular flexibility index (Phi) is 4.01. The number of carbonyl (C=O) groups is 1. The molecule has 0 amide bonds. The highest BCUT2D eigenvalue weighted by Gasteiger charge is 2.50. The summed E-state index contributed by atoms with van der Waals surface area (Å²) in [6.07, 6.45) is 1.17. The standard InChI is InChI=1S/C8H14BO4P2/c10-3-5-4-1-8(11)12-6(4)2-7(5)13-15-9-14/h4-7,10,15H,1-3,14H2/t4-,5-,6+,7-/m1/s1. The van der Waals surface area contributed by atoms with Crippen molar-refractivity contribution in [2.75, 3.05) is 6.61 Å². The van der Waals surface area contributed by atoms with E-state index in [1.165, 1.54) is 0 Å². The van der Waals surface area contributed by atoms with Gasteiger partial charge in [0, 0.05) is 24.9 Å². The van der Waals surface area contributed by atoms with Crippen molar-refractivity contribution < 1.29 is 19.2 Å². The van der Waals surface area contributed by atoms with Crippen LogP contribution in [0.4, 0.5) is 0 Å². The van der Waals surface area contributed by atoms with E-state index in [4.69, 9.17) is 9.26 Å². The number of esters is 1. The first kappa shape index (κ1) is 11.8. The monoisotopic (exact) mass is 247 g/mol. The number of aliphatic hydroxyl groups is 1. The van der Waals surface area contributed by atoms with Crippen LogP contribution in [-0.2, 0) is 14.1 Å². The smallest absolute Gasteiger partial charge is 0.306 e. The minimum atomic E-state index is -0.137. The molecule has 0 bridgehead atoms. The quantitative estimate of drug-likeness (QED) is 0.441. The fourth-order valence-corrected chi connectivity index (χ4v) is 3.23. The topological polar surface area (TPSA) is 55.8 Å². The largest absolute Gasteiger partial charge is 0.462 e. The summed E-state index contributed by atoms with van der Waals surface area (Å²) in [5, 5.41) is 9.31. The number of fused-ring (bicyclic) bond motifs is 1. The van der Waals surface area contributed by atoms with Gasteiger partial charge in [0.25, 0.3) is 0 Å². The molecule has 83 valence electrons. The van der Waals surface area contributed by atoms with E-state index in [2.05, 4.69) is 9.12 Å². The number of hydrogen-bond donors (Lipinski definition) is 1. The van der Waals surface area contributed by atoms with Crippen LogP contribution in [0.2, 0.25) is 0 Å². The number of ether oxygens (including phenoxy) is 1. The number of aliphatic hydroxyl groups excluding tert-OH is 1. The van der Waals surface area contributed by atoms with Crippen molar-refractivity contribution in [2.24, 2.45) is 11.8 Å². The second kappa shape index (κ2) is 5.10. The maximum Gasteiger partial charge on any atom is 0.306 e. The molecule has 1 saturated carbocycles. The van der Waals surface area contributed by atoms with Gasteiger partial charge in [0.2, 0.25) is 6.72 Å². The van der Waals surface area contributed by atoms with E-state index in [0.29, 0.717) is 15.1 Å². The molecule has 1 heterocycles. The Balaban J connectivity index is 1.97. The Morgan fingerprint density at radius 1 is 1.73 bits per heavy atom. The Labute approximate surface area is 93.7 Å². The molecule has 2 fully saturated rings. The lowest BCUT2D eigenvalue weighted by Gasteiger charge is -2.20. The SMILES string of the molecule is O=C1C[C@@H]2[C@@H](CO)[C@H](OP[B]P)C[C@@H]2O1. The molecule has 1 aliphatic heterocycles. The fraction of sp³-hybridized carbons (Fsp3) is 0.875. The molecular formula is C8H14BO4P2. The van der Waals surface area contributed by atoms with E-state index < -0.39 is 0 Å². The summed E-state index contributed by atoms with van der Waals surface area (Å²) in [7, 11) is 2.82. The molecule has 1 saturated heterocycles. The summed E-state index contributed by atoms with van der Waals surface area (Å²) in [5.74, 6) is 0.0719. The Hall–Kier alpha value is 0.315. The zero-order valence-corrected chi connectivity index (χ0v) is 10.4. The van der Waals surface area contributed by atoms with E-state index in [-0.39, 0.29) is 36.6 Å². The Bertz CT molecular complexity index is 253. The van der Waals surface area contributed by atoms with Gasteiger partial charge in [-0.25, -0.2) is 0 Å². The molecular weight excluding hydrogens is 233 g/mol. The van der Waals surface area contributed by atoms with Crippen molar-refractivity contribution in [1.82, 2.24) is 0 Å². The van der Waals surface area contributed by atoms with Gasteiger partial charge in [0.1, 0.15) is 6.10 Å². The lowest BCUT2D eigenvalue weighted by molar-refractivity contribution is -0.141. The van der Waals surface area contributed by atoms with Crippen LogP contribution in [0, 0.1) is 11.8 Å². The number of rotatable bonds is 4. The molecule has 4 nitrogen and oxygen atoms in total. The van der Waals surface area contributed by atoms with Crippen molar-refractivity contribution in [1.29, 1.82) is 0 Å². The zero-order valence-electron chi connectivity index (χ0n) is 8.26. The molecule has 1 aliphatic carbocycles. The molecule has 15 heavy (non-hydrogen) atoms. The van der Waals surface area contributed by atoms with Gasteiger partial charge in [-0.3, -0.25) is 4.79 Å². The van der Waals surface area contributed by atoms with Crippen molar-refractivity contribution >= 4 is 30.5 Å². The van der Waals surface area contributed by atoms with Gasteiger partial charge >= 0.3 is 5.97 Å². The minimum Gasteiger partial charge on any atom is -0.462 e. The zero-order chi connectivity index (χ0) is 10.8. The molecule has 0 aromatic rings. The minimum absolute atomic E-state index is 0.0334. The van der Waals surface area contributed by atoms with Crippen molar-refractivity contribution in [3.63, 3.8) is 0 Å². The third-order valence-corrected chi connectivity index (χ3v) is 4.14. The highest BCUT2D eigenvalue weighted by molar-refractivity contribution is 7.92. The average Bonchev–Trinajstić information content (AvgIpc) is 2.70. The van der Waals surface area contributed by atoms with Gasteiger partial charge in [-0.05, 0) is 8.69 Å². The number of carbonyl (C=O) groups excluding carboxylic acids is 1. The number of hydrogen-bond acceptors (Lipinski definition) is 4. The molecule has 1 N–H and O–H groups in total. The Morgan fingerprint density at radius 2 is 2.53 bits per heavy atom. The summed E-state index contributed by atoms with van der Waals surface area (Å²) in [6, 6.07) is 0. The van der Waals surface area contributed by atoms with Crippen LogP contribution in [0.3, 0.4) is 0 Å². The second-order valence-electron chi connectivity index (χ2n) is 3.92. The van der Waals surface area contributed by atoms with Crippen LogP contribution in [0.1, 0.15) is 12.8 Å². The lowest BCUT2D eigenvalue weighted by Crippen LogP contribution is -2.24. The maximum atomic E-state index is 11.1. The first-order chi connectivity index (χ1) is 7.26. The van der Waals surface area contributed by atoms with Gasteiger partial charge in [-0.2, -0.15) is 9.12 Å². The normalized spacial score (nSPS) is 39.7. The third kappa shape index (κ3) is 2.36. The summed E-state index contributed by atoms with van der Waals surface area (Å²) < 4.78 is 10.8. The molecule has 2 rings (SSSR count). The van der Waals surface area contributed by atoms with E-state index in [1.807, 2.05) is 6.72 Å². The van der Waals surface area contributed by atoms with Crippen molar-refractivity contribution in [2.45, 2.75) is 25.0 Å². The molecule has 0 aromatic carbocycles. The first-order valence-corrected chi connectivity index (χ1v) is 6.66. The molecule has 0 spiro atoms. The van der Waals surface area contributed by atoms with Gasteiger partial charge in [0.15, 0.2) is 0 Å². The highest BCUT2D eigenvalue weighted by Crippen LogP contribution is 2.44.